The first-order valence-corrected chi connectivity index (χ1v) is 9.18. The second-order valence-electron chi connectivity index (χ2n) is 6.88. The molecular weight excluding hydrogens is 316 g/mol. The minimum Gasteiger partial charge on any atom is -0.370 e. The van der Waals surface area contributed by atoms with Crippen molar-refractivity contribution in [3.05, 3.63) is 47.0 Å². The fraction of sp³-hybridized carbons (Fsp3) is 0.526. The Hall–Kier alpha value is -2.21. The van der Waals surface area contributed by atoms with Crippen LogP contribution < -0.4 is 0 Å². The third kappa shape index (κ3) is 3.58. The van der Waals surface area contributed by atoms with E-state index in [0.29, 0.717) is 18.8 Å². The summed E-state index contributed by atoms with van der Waals surface area (Å²) in [6.07, 6.45) is 8.07. The molecular formula is C19H24N4O2. The van der Waals surface area contributed by atoms with Crippen LogP contribution in [0.5, 0.6) is 0 Å². The Morgan fingerprint density at radius 3 is 3.08 bits per heavy atom. The molecule has 3 heterocycles. The summed E-state index contributed by atoms with van der Waals surface area (Å²) in [5, 5.41) is 7.39. The number of likely N-dealkylation sites (tertiary alicyclic amines) is 1. The Morgan fingerprint density at radius 1 is 1.28 bits per heavy atom. The molecule has 1 amide bonds. The molecule has 1 saturated heterocycles. The van der Waals surface area contributed by atoms with Gasteiger partial charge in [-0.15, -0.1) is 0 Å². The lowest BCUT2D eigenvalue weighted by molar-refractivity contribution is -0.00804. The highest BCUT2D eigenvalue weighted by atomic mass is 16.5. The molecule has 6 heteroatoms. The summed E-state index contributed by atoms with van der Waals surface area (Å²) in [5.74, 6) is 0.0468. The fourth-order valence-corrected chi connectivity index (χ4v) is 3.75. The van der Waals surface area contributed by atoms with E-state index in [4.69, 9.17) is 4.74 Å². The highest BCUT2D eigenvalue weighted by molar-refractivity contribution is 5.94. The van der Waals surface area contributed by atoms with Crippen molar-refractivity contribution in [1.82, 2.24) is 20.1 Å². The van der Waals surface area contributed by atoms with Crippen LogP contribution in [0.25, 0.3) is 0 Å². The van der Waals surface area contributed by atoms with Crippen LogP contribution in [-0.2, 0) is 24.2 Å². The molecule has 1 atom stereocenters. The quantitative estimate of drug-likeness (QED) is 0.928. The molecule has 4 rings (SSSR count). The lowest BCUT2D eigenvalue weighted by Gasteiger charge is -2.32. The number of aryl methyl sites for hydroxylation is 1. The van der Waals surface area contributed by atoms with Gasteiger partial charge in [-0.3, -0.25) is 14.9 Å². The van der Waals surface area contributed by atoms with Crippen molar-refractivity contribution in [3.8, 4) is 0 Å². The molecule has 2 aliphatic rings. The maximum absolute atomic E-state index is 12.9. The summed E-state index contributed by atoms with van der Waals surface area (Å²) in [4.78, 5) is 19.1. The summed E-state index contributed by atoms with van der Waals surface area (Å²) < 4.78 is 5.99. The van der Waals surface area contributed by atoms with Gasteiger partial charge in [-0.2, -0.15) is 5.10 Å². The van der Waals surface area contributed by atoms with E-state index in [1.54, 1.807) is 6.20 Å². The van der Waals surface area contributed by atoms with Crippen LogP contribution >= 0.6 is 0 Å². The van der Waals surface area contributed by atoms with Gasteiger partial charge in [0.2, 0.25) is 0 Å². The van der Waals surface area contributed by atoms with Crippen molar-refractivity contribution >= 4 is 5.91 Å². The van der Waals surface area contributed by atoms with Gasteiger partial charge in [0.05, 0.1) is 18.4 Å². The van der Waals surface area contributed by atoms with Crippen molar-refractivity contribution in [3.63, 3.8) is 0 Å². The molecule has 25 heavy (non-hydrogen) atoms. The number of hydrogen-bond acceptors (Lipinski definition) is 4. The lowest BCUT2D eigenvalue weighted by atomic mass is 9.95. The van der Waals surface area contributed by atoms with Crippen LogP contribution in [0.3, 0.4) is 0 Å². The molecule has 2 aromatic heterocycles. The minimum atomic E-state index is 0.0468. The molecule has 0 saturated carbocycles. The van der Waals surface area contributed by atoms with Gasteiger partial charge in [-0.1, -0.05) is 6.07 Å². The highest BCUT2D eigenvalue weighted by Gasteiger charge is 2.29. The number of amides is 1. The molecule has 1 unspecified atom stereocenters. The lowest BCUT2D eigenvalue weighted by Crippen LogP contribution is -2.43. The Morgan fingerprint density at radius 2 is 2.20 bits per heavy atom. The molecule has 132 valence electrons. The molecule has 0 spiro atoms. The number of fused-ring (bicyclic) bond motifs is 1. The monoisotopic (exact) mass is 340 g/mol. The van der Waals surface area contributed by atoms with E-state index in [0.717, 1.165) is 55.6 Å². The molecule has 0 radical (unpaired) electrons. The number of nitrogens with one attached hydrogen (secondary N) is 1. The Kier molecular flexibility index (Phi) is 4.78. The largest absolute Gasteiger partial charge is 0.370 e. The summed E-state index contributed by atoms with van der Waals surface area (Å²) >= 11 is 0. The normalized spacial score (nSPS) is 20.3. The molecule has 1 aliphatic carbocycles. The zero-order valence-corrected chi connectivity index (χ0v) is 14.4. The topological polar surface area (TPSA) is 71.1 Å². The van der Waals surface area contributed by atoms with Crippen molar-refractivity contribution < 1.29 is 9.53 Å². The third-order valence-corrected chi connectivity index (χ3v) is 5.12. The minimum absolute atomic E-state index is 0.0468. The third-order valence-electron chi connectivity index (χ3n) is 5.12. The first kappa shape index (κ1) is 16.3. The highest BCUT2D eigenvalue weighted by Crippen LogP contribution is 2.24. The fourth-order valence-electron chi connectivity index (χ4n) is 3.75. The van der Waals surface area contributed by atoms with E-state index < -0.39 is 0 Å². The molecule has 6 nitrogen and oxygen atoms in total. The standard InChI is InChI=1S/C19H24N4O2/c24-19(18-16-8-1-2-9-17(16)21-22-18)23-11-5-7-15(12-23)25-13-14-6-3-4-10-20-14/h3-4,6,10,15H,1-2,5,7-9,11-13H2,(H,21,22). The molecule has 1 fully saturated rings. The van der Waals surface area contributed by atoms with Gasteiger partial charge in [0.25, 0.3) is 5.91 Å². The zero-order valence-electron chi connectivity index (χ0n) is 14.4. The van der Waals surface area contributed by atoms with E-state index in [1.807, 2.05) is 23.1 Å². The van der Waals surface area contributed by atoms with E-state index in [2.05, 4.69) is 15.2 Å². The number of H-pyrrole nitrogens is 1. The number of piperidine rings is 1. The Labute approximate surface area is 147 Å². The number of carbonyl (C=O) groups excluding carboxylic acids is 1. The number of hydrogen-bond donors (Lipinski definition) is 1. The van der Waals surface area contributed by atoms with Gasteiger partial charge in [0.15, 0.2) is 5.69 Å². The predicted molar refractivity (Wildman–Crippen MR) is 93.2 cm³/mol. The maximum atomic E-state index is 12.9. The van der Waals surface area contributed by atoms with Crippen molar-refractivity contribution in [2.45, 2.75) is 51.2 Å². The zero-order chi connectivity index (χ0) is 17.1. The number of pyridine rings is 1. The van der Waals surface area contributed by atoms with Crippen LogP contribution in [0.1, 0.15) is 53.1 Å². The first-order chi connectivity index (χ1) is 12.3. The van der Waals surface area contributed by atoms with Crippen LogP contribution in [0, 0.1) is 0 Å². The predicted octanol–water partition coefficient (Wildman–Crippen LogP) is 2.50. The summed E-state index contributed by atoms with van der Waals surface area (Å²) in [7, 11) is 0. The van der Waals surface area contributed by atoms with Crippen LogP contribution in [0.4, 0.5) is 0 Å². The number of nitrogens with zero attached hydrogens (tertiary/aromatic N) is 3. The van der Waals surface area contributed by atoms with Gasteiger partial charge in [0.1, 0.15) is 0 Å². The number of carbonyl (C=O) groups is 1. The number of rotatable bonds is 4. The average Bonchev–Trinajstić information content (AvgIpc) is 3.11. The van der Waals surface area contributed by atoms with Gasteiger partial charge >= 0.3 is 0 Å². The molecule has 2 aromatic rings. The van der Waals surface area contributed by atoms with E-state index >= 15 is 0 Å². The van der Waals surface area contributed by atoms with Gasteiger partial charge < -0.3 is 9.64 Å². The number of aromatic amines is 1. The van der Waals surface area contributed by atoms with Gasteiger partial charge in [-0.05, 0) is 50.7 Å². The van der Waals surface area contributed by atoms with E-state index in [1.165, 1.54) is 6.42 Å². The summed E-state index contributed by atoms with van der Waals surface area (Å²) in [6.45, 7) is 1.91. The second kappa shape index (κ2) is 7.35. The smallest absolute Gasteiger partial charge is 0.274 e. The number of ether oxygens (including phenoxy) is 1. The van der Waals surface area contributed by atoms with Gasteiger partial charge in [0, 0.05) is 30.5 Å². The Bertz CT molecular complexity index is 728. The van der Waals surface area contributed by atoms with Gasteiger partial charge in [-0.25, -0.2) is 0 Å². The SMILES string of the molecule is O=C(c1n[nH]c2c1CCCC2)N1CCCC(OCc2ccccn2)C1. The molecule has 0 aromatic carbocycles. The molecule has 0 bridgehead atoms. The van der Waals surface area contributed by atoms with Crippen molar-refractivity contribution in [2.75, 3.05) is 13.1 Å². The van der Waals surface area contributed by atoms with E-state index in [-0.39, 0.29) is 12.0 Å². The van der Waals surface area contributed by atoms with Crippen LogP contribution in [0.15, 0.2) is 24.4 Å². The van der Waals surface area contributed by atoms with Crippen molar-refractivity contribution in [2.24, 2.45) is 0 Å². The summed E-state index contributed by atoms with van der Waals surface area (Å²) in [6, 6.07) is 5.82. The van der Waals surface area contributed by atoms with E-state index in [9.17, 15) is 4.79 Å². The Balaban J connectivity index is 1.39. The summed E-state index contributed by atoms with van der Waals surface area (Å²) in [5.41, 5.74) is 3.83. The molecule has 1 N–H and O–H groups in total. The number of aromatic nitrogens is 3. The maximum Gasteiger partial charge on any atom is 0.274 e. The van der Waals surface area contributed by atoms with Crippen molar-refractivity contribution in [1.29, 1.82) is 0 Å². The van der Waals surface area contributed by atoms with Crippen LogP contribution in [0.2, 0.25) is 0 Å². The molecule has 1 aliphatic heterocycles. The average molecular weight is 340 g/mol. The second-order valence-corrected chi connectivity index (χ2v) is 6.88. The first-order valence-electron chi connectivity index (χ1n) is 9.18. The van der Waals surface area contributed by atoms with Crippen LogP contribution in [-0.4, -0.2) is 45.2 Å².